The number of nitrogens with zero attached hydrogens (tertiary/aromatic N) is 1. The lowest BCUT2D eigenvalue weighted by Gasteiger charge is -2.38. The highest BCUT2D eigenvalue weighted by atomic mass is 79.9. The van der Waals surface area contributed by atoms with Crippen LogP contribution < -0.4 is 5.73 Å². The Morgan fingerprint density at radius 1 is 1.44 bits per heavy atom. The van der Waals surface area contributed by atoms with Crippen molar-refractivity contribution in [3.05, 3.63) is 20.8 Å². The zero-order valence-corrected chi connectivity index (χ0v) is 13.5. The lowest BCUT2D eigenvalue weighted by molar-refractivity contribution is 0.115. The molecular weight excluding hydrogens is 308 g/mol. The third kappa shape index (κ3) is 3.35. The van der Waals surface area contributed by atoms with Crippen molar-refractivity contribution >= 4 is 27.3 Å². The Kier molecular flexibility index (Phi) is 5.67. The minimum Gasteiger partial charge on any atom is -0.329 e. The summed E-state index contributed by atoms with van der Waals surface area (Å²) in [4.78, 5) is 4.02. The van der Waals surface area contributed by atoms with Crippen LogP contribution in [-0.2, 0) is 0 Å². The largest absolute Gasteiger partial charge is 0.329 e. The number of rotatable bonds is 5. The molecule has 0 aliphatic heterocycles. The first kappa shape index (κ1) is 14.5. The minimum absolute atomic E-state index is 0.398. The first-order chi connectivity index (χ1) is 8.76. The molecule has 102 valence electrons. The van der Waals surface area contributed by atoms with Crippen LogP contribution >= 0.6 is 27.3 Å². The average molecular weight is 331 g/mol. The van der Waals surface area contributed by atoms with Gasteiger partial charge in [0.05, 0.1) is 6.04 Å². The molecule has 18 heavy (non-hydrogen) atoms. The van der Waals surface area contributed by atoms with Crippen molar-refractivity contribution in [1.82, 2.24) is 4.90 Å². The van der Waals surface area contributed by atoms with E-state index >= 15 is 0 Å². The highest BCUT2D eigenvalue weighted by Gasteiger charge is 2.27. The molecule has 1 saturated carbocycles. The Hall–Kier alpha value is 0.1000. The molecule has 1 aromatic rings. The Bertz CT molecular complexity index is 360. The van der Waals surface area contributed by atoms with E-state index in [1.165, 1.54) is 41.5 Å². The number of hydrogen-bond donors (Lipinski definition) is 1. The summed E-state index contributed by atoms with van der Waals surface area (Å²) in [7, 11) is 0. The van der Waals surface area contributed by atoms with Gasteiger partial charge in [-0.3, -0.25) is 4.90 Å². The van der Waals surface area contributed by atoms with Gasteiger partial charge in [-0.25, -0.2) is 0 Å². The maximum Gasteiger partial charge on any atom is 0.0567 e. The topological polar surface area (TPSA) is 29.3 Å². The maximum absolute atomic E-state index is 6.05. The molecular formula is C14H23BrN2S. The van der Waals surface area contributed by atoms with Crippen LogP contribution in [0, 0.1) is 0 Å². The molecule has 0 aromatic carbocycles. The molecule has 0 bridgehead atoms. The van der Waals surface area contributed by atoms with Gasteiger partial charge in [0, 0.05) is 27.3 Å². The van der Waals surface area contributed by atoms with Crippen molar-refractivity contribution in [2.45, 2.75) is 51.1 Å². The van der Waals surface area contributed by atoms with Crippen molar-refractivity contribution in [3.8, 4) is 0 Å². The molecule has 1 aromatic heterocycles. The van der Waals surface area contributed by atoms with E-state index in [1.54, 1.807) is 0 Å². The molecule has 2 rings (SSSR count). The summed E-state index contributed by atoms with van der Waals surface area (Å²) >= 11 is 5.37. The van der Waals surface area contributed by atoms with E-state index in [0.717, 1.165) is 19.1 Å². The molecule has 0 radical (unpaired) electrons. The minimum atomic E-state index is 0.398. The van der Waals surface area contributed by atoms with E-state index in [0.29, 0.717) is 6.04 Å². The van der Waals surface area contributed by atoms with Gasteiger partial charge >= 0.3 is 0 Å². The summed E-state index contributed by atoms with van der Waals surface area (Å²) in [6, 6.07) is 3.36. The Morgan fingerprint density at radius 3 is 2.67 bits per heavy atom. The average Bonchev–Trinajstić information content (AvgIpc) is 2.83. The van der Waals surface area contributed by atoms with Gasteiger partial charge in [-0.1, -0.05) is 26.2 Å². The summed E-state index contributed by atoms with van der Waals surface area (Å²) in [5.41, 5.74) is 6.05. The highest BCUT2D eigenvalue weighted by molar-refractivity contribution is 9.10. The smallest absolute Gasteiger partial charge is 0.0567 e. The fraction of sp³-hybridized carbons (Fsp3) is 0.714. The Balaban J connectivity index is 2.12. The predicted molar refractivity (Wildman–Crippen MR) is 83.1 cm³/mol. The van der Waals surface area contributed by atoms with Gasteiger partial charge in [0.15, 0.2) is 0 Å². The first-order valence-corrected chi connectivity index (χ1v) is 8.63. The molecule has 1 aliphatic rings. The van der Waals surface area contributed by atoms with Crippen LogP contribution in [0.3, 0.4) is 0 Å². The fourth-order valence-electron chi connectivity index (χ4n) is 3.06. The maximum atomic E-state index is 6.05. The molecule has 2 N–H and O–H groups in total. The summed E-state index contributed by atoms with van der Waals surface area (Å²) in [6.45, 7) is 4.08. The van der Waals surface area contributed by atoms with Crippen LogP contribution in [0.2, 0.25) is 0 Å². The summed E-state index contributed by atoms with van der Waals surface area (Å²) in [5, 5.41) is 2.16. The Labute approximate surface area is 123 Å². The van der Waals surface area contributed by atoms with Gasteiger partial charge in [0.1, 0.15) is 0 Å². The second-order valence-corrected chi connectivity index (χ2v) is 6.90. The van der Waals surface area contributed by atoms with Gasteiger partial charge in [-0.2, -0.15) is 0 Å². The highest BCUT2D eigenvalue weighted by Crippen LogP contribution is 2.33. The quantitative estimate of drug-likeness (QED) is 0.878. The molecule has 1 unspecified atom stereocenters. The molecule has 0 spiro atoms. The van der Waals surface area contributed by atoms with Crippen LogP contribution in [0.25, 0.3) is 0 Å². The van der Waals surface area contributed by atoms with Crippen LogP contribution in [0.5, 0.6) is 0 Å². The first-order valence-electron chi connectivity index (χ1n) is 6.96. The summed E-state index contributed by atoms with van der Waals surface area (Å²) in [6.07, 6.45) is 6.86. The molecule has 4 heteroatoms. The van der Waals surface area contributed by atoms with Gasteiger partial charge in [-0.05, 0) is 41.4 Å². The predicted octanol–water partition coefficient (Wildman–Crippen LogP) is 4.17. The monoisotopic (exact) mass is 330 g/mol. The SMILES string of the molecule is CCN(C1CCCCC1)C(CN)c1cc(Br)cs1. The van der Waals surface area contributed by atoms with E-state index in [4.69, 9.17) is 5.73 Å². The van der Waals surface area contributed by atoms with E-state index < -0.39 is 0 Å². The lowest BCUT2D eigenvalue weighted by atomic mass is 9.93. The number of thiophene rings is 1. The standard InChI is InChI=1S/C14H23BrN2S/c1-2-17(12-6-4-3-5-7-12)13(9-16)14-8-11(15)10-18-14/h8,10,12-13H,2-7,9,16H2,1H3. The molecule has 0 saturated heterocycles. The molecule has 0 amide bonds. The summed E-state index contributed by atoms with van der Waals surface area (Å²) < 4.78 is 1.18. The normalized spacial score (nSPS) is 19.3. The van der Waals surface area contributed by atoms with E-state index in [9.17, 15) is 0 Å². The van der Waals surface area contributed by atoms with Crippen LogP contribution in [0.1, 0.15) is 49.9 Å². The van der Waals surface area contributed by atoms with Crippen LogP contribution in [-0.4, -0.2) is 24.0 Å². The molecule has 2 nitrogen and oxygen atoms in total. The summed E-state index contributed by atoms with van der Waals surface area (Å²) in [5.74, 6) is 0. The third-order valence-electron chi connectivity index (χ3n) is 3.95. The number of likely N-dealkylation sites (N-methyl/N-ethyl adjacent to an activating group) is 1. The van der Waals surface area contributed by atoms with Crippen LogP contribution in [0.4, 0.5) is 0 Å². The van der Waals surface area contributed by atoms with Gasteiger partial charge < -0.3 is 5.73 Å². The van der Waals surface area contributed by atoms with E-state index in [2.05, 4.69) is 39.2 Å². The van der Waals surface area contributed by atoms with Gasteiger partial charge in [-0.15, -0.1) is 11.3 Å². The van der Waals surface area contributed by atoms with Crippen molar-refractivity contribution < 1.29 is 0 Å². The second-order valence-electron chi connectivity index (χ2n) is 5.04. The fourth-order valence-corrected chi connectivity index (χ4v) is 4.64. The van der Waals surface area contributed by atoms with Crippen molar-refractivity contribution in [2.75, 3.05) is 13.1 Å². The molecule has 1 aliphatic carbocycles. The molecule has 1 heterocycles. The van der Waals surface area contributed by atoms with Gasteiger partial charge in [0.2, 0.25) is 0 Å². The zero-order chi connectivity index (χ0) is 13.0. The Morgan fingerprint density at radius 2 is 2.17 bits per heavy atom. The van der Waals surface area contributed by atoms with E-state index in [1.807, 2.05) is 11.3 Å². The number of nitrogens with two attached hydrogens (primary N) is 1. The van der Waals surface area contributed by atoms with Crippen LogP contribution in [0.15, 0.2) is 15.9 Å². The second kappa shape index (κ2) is 7.04. The molecule has 1 fully saturated rings. The lowest BCUT2D eigenvalue weighted by Crippen LogP contribution is -2.42. The van der Waals surface area contributed by atoms with E-state index in [-0.39, 0.29) is 0 Å². The van der Waals surface area contributed by atoms with Crippen molar-refractivity contribution in [3.63, 3.8) is 0 Å². The number of hydrogen-bond acceptors (Lipinski definition) is 3. The zero-order valence-electron chi connectivity index (χ0n) is 11.1. The van der Waals surface area contributed by atoms with Gasteiger partial charge in [0.25, 0.3) is 0 Å². The van der Waals surface area contributed by atoms with Crippen molar-refractivity contribution in [1.29, 1.82) is 0 Å². The molecule has 1 atom stereocenters. The third-order valence-corrected chi connectivity index (χ3v) is 5.74. The van der Waals surface area contributed by atoms with Crippen molar-refractivity contribution in [2.24, 2.45) is 5.73 Å². The number of halogens is 1.